The summed E-state index contributed by atoms with van der Waals surface area (Å²) < 4.78 is 5.11. The molecular weight excluding hydrogens is 276 g/mol. The monoisotopic (exact) mass is 296 g/mol. The molecule has 2 aromatic carbocycles. The average Bonchev–Trinajstić information content (AvgIpc) is 2.58. The van der Waals surface area contributed by atoms with Crippen LogP contribution in [0.25, 0.3) is 0 Å². The van der Waals surface area contributed by atoms with Gasteiger partial charge in [0.2, 0.25) is 5.91 Å². The SMILES string of the molecule is COc1ccc(/C(C)=N/NC(=O)CCc2ccccc2)cc1. The van der Waals surface area contributed by atoms with Crippen molar-refractivity contribution in [2.45, 2.75) is 19.8 Å². The minimum Gasteiger partial charge on any atom is -0.497 e. The van der Waals surface area contributed by atoms with Gasteiger partial charge in [0.05, 0.1) is 12.8 Å². The highest BCUT2D eigenvalue weighted by molar-refractivity contribution is 5.99. The van der Waals surface area contributed by atoms with Crippen molar-refractivity contribution in [2.24, 2.45) is 5.10 Å². The number of methoxy groups -OCH3 is 1. The second-order valence-corrected chi connectivity index (χ2v) is 4.95. The van der Waals surface area contributed by atoms with Crippen LogP contribution in [0.1, 0.15) is 24.5 Å². The molecule has 0 heterocycles. The van der Waals surface area contributed by atoms with Crippen molar-refractivity contribution in [3.05, 3.63) is 65.7 Å². The number of nitrogens with one attached hydrogen (secondary N) is 1. The molecule has 22 heavy (non-hydrogen) atoms. The van der Waals surface area contributed by atoms with Crippen molar-refractivity contribution in [3.8, 4) is 5.75 Å². The molecule has 0 aromatic heterocycles. The van der Waals surface area contributed by atoms with Crippen LogP contribution < -0.4 is 10.2 Å². The Hall–Kier alpha value is -2.62. The summed E-state index contributed by atoms with van der Waals surface area (Å²) in [7, 11) is 1.63. The number of hydrogen-bond donors (Lipinski definition) is 1. The van der Waals surface area contributed by atoms with E-state index in [0.29, 0.717) is 12.8 Å². The average molecular weight is 296 g/mol. The van der Waals surface area contributed by atoms with Crippen LogP contribution in [0.3, 0.4) is 0 Å². The zero-order valence-electron chi connectivity index (χ0n) is 12.9. The molecule has 0 aliphatic heterocycles. The summed E-state index contributed by atoms with van der Waals surface area (Å²) in [6.45, 7) is 1.86. The first-order valence-corrected chi connectivity index (χ1v) is 7.20. The van der Waals surface area contributed by atoms with Gasteiger partial charge in [-0.15, -0.1) is 0 Å². The molecule has 114 valence electrons. The molecule has 1 amide bonds. The highest BCUT2D eigenvalue weighted by Gasteiger charge is 2.02. The number of carbonyl (C=O) groups excluding carboxylic acids is 1. The van der Waals surface area contributed by atoms with Gasteiger partial charge in [-0.3, -0.25) is 4.79 Å². The van der Waals surface area contributed by atoms with Crippen LogP contribution in [-0.4, -0.2) is 18.7 Å². The zero-order chi connectivity index (χ0) is 15.8. The number of rotatable bonds is 6. The fraction of sp³-hybridized carbons (Fsp3) is 0.222. The van der Waals surface area contributed by atoms with E-state index in [-0.39, 0.29) is 5.91 Å². The molecule has 0 aliphatic carbocycles. The Morgan fingerprint density at radius 2 is 1.77 bits per heavy atom. The molecule has 0 atom stereocenters. The summed E-state index contributed by atoms with van der Waals surface area (Å²) in [4.78, 5) is 11.8. The van der Waals surface area contributed by atoms with E-state index in [0.717, 1.165) is 22.6 Å². The molecule has 0 radical (unpaired) electrons. The number of amides is 1. The van der Waals surface area contributed by atoms with Gasteiger partial charge in [0.25, 0.3) is 0 Å². The molecule has 0 bridgehead atoms. The summed E-state index contributed by atoms with van der Waals surface area (Å²) in [5.41, 5.74) is 5.45. The Labute approximate surface area is 130 Å². The summed E-state index contributed by atoms with van der Waals surface area (Å²) in [5, 5.41) is 4.14. The number of aryl methyl sites for hydroxylation is 1. The van der Waals surface area contributed by atoms with Gasteiger partial charge in [0.1, 0.15) is 5.75 Å². The minimum atomic E-state index is -0.0864. The zero-order valence-corrected chi connectivity index (χ0v) is 12.9. The van der Waals surface area contributed by atoms with Gasteiger partial charge in [-0.2, -0.15) is 5.10 Å². The summed E-state index contributed by atoms with van der Waals surface area (Å²) >= 11 is 0. The van der Waals surface area contributed by atoms with Gasteiger partial charge in [-0.25, -0.2) is 5.43 Å². The number of benzene rings is 2. The van der Waals surface area contributed by atoms with Gasteiger partial charge in [-0.1, -0.05) is 30.3 Å². The second-order valence-electron chi connectivity index (χ2n) is 4.95. The largest absolute Gasteiger partial charge is 0.497 e. The van der Waals surface area contributed by atoms with Crippen LogP contribution in [0, 0.1) is 0 Å². The van der Waals surface area contributed by atoms with Gasteiger partial charge in [0.15, 0.2) is 0 Å². The van der Waals surface area contributed by atoms with E-state index in [1.807, 2.05) is 61.5 Å². The van der Waals surface area contributed by atoms with E-state index in [9.17, 15) is 4.79 Å². The van der Waals surface area contributed by atoms with E-state index in [4.69, 9.17) is 4.74 Å². The van der Waals surface area contributed by atoms with Crippen molar-refractivity contribution in [1.29, 1.82) is 0 Å². The van der Waals surface area contributed by atoms with E-state index in [1.165, 1.54) is 0 Å². The smallest absolute Gasteiger partial charge is 0.240 e. The van der Waals surface area contributed by atoms with Crippen LogP contribution in [0.2, 0.25) is 0 Å². The van der Waals surface area contributed by atoms with Crippen molar-refractivity contribution >= 4 is 11.6 Å². The van der Waals surface area contributed by atoms with Gasteiger partial charge in [-0.05, 0) is 48.7 Å². The Balaban J connectivity index is 1.85. The topological polar surface area (TPSA) is 50.7 Å². The molecule has 0 aliphatic rings. The highest BCUT2D eigenvalue weighted by Crippen LogP contribution is 2.11. The van der Waals surface area contributed by atoms with E-state index >= 15 is 0 Å². The number of nitrogens with zero attached hydrogens (tertiary/aromatic N) is 1. The first-order chi connectivity index (χ1) is 10.7. The lowest BCUT2D eigenvalue weighted by Gasteiger charge is -2.04. The molecule has 0 saturated heterocycles. The van der Waals surface area contributed by atoms with Crippen LogP contribution in [0.15, 0.2) is 59.7 Å². The fourth-order valence-corrected chi connectivity index (χ4v) is 2.00. The van der Waals surface area contributed by atoms with E-state index in [1.54, 1.807) is 7.11 Å². The van der Waals surface area contributed by atoms with Gasteiger partial charge < -0.3 is 4.74 Å². The molecule has 4 heteroatoms. The van der Waals surface area contributed by atoms with Crippen LogP contribution in [0.5, 0.6) is 5.75 Å². The lowest BCUT2D eigenvalue weighted by atomic mass is 10.1. The predicted octanol–water partition coefficient (Wildman–Crippen LogP) is 3.17. The van der Waals surface area contributed by atoms with Crippen molar-refractivity contribution in [2.75, 3.05) is 7.11 Å². The fourth-order valence-electron chi connectivity index (χ4n) is 2.00. The van der Waals surface area contributed by atoms with Crippen molar-refractivity contribution in [1.82, 2.24) is 5.43 Å². The normalized spacial score (nSPS) is 11.1. The molecule has 0 spiro atoms. The molecular formula is C18H20N2O2. The van der Waals surface area contributed by atoms with E-state index < -0.39 is 0 Å². The first-order valence-electron chi connectivity index (χ1n) is 7.20. The summed E-state index contributed by atoms with van der Waals surface area (Å²) in [6, 6.07) is 17.5. The molecule has 0 fully saturated rings. The molecule has 4 nitrogen and oxygen atoms in total. The Morgan fingerprint density at radius 1 is 1.09 bits per heavy atom. The molecule has 1 N–H and O–H groups in total. The Kier molecular flexibility index (Phi) is 5.72. The van der Waals surface area contributed by atoms with E-state index in [2.05, 4.69) is 10.5 Å². The molecule has 0 unspecified atom stereocenters. The van der Waals surface area contributed by atoms with Gasteiger partial charge >= 0.3 is 0 Å². The number of hydrogen-bond acceptors (Lipinski definition) is 3. The van der Waals surface area contributed by atoms with Crippen molar-refractivity contribution in [3.63, 3.8) is 0 Å². The first kappa shape index (κ1) is 15.8. The Morgan fingerprint density at radius 3 is 2.41 bits per heavy atom. The number of ether oxygens (including phenoxy) is 1. The molecule has 2 rings (SSSR count). The maximum Gasteiger partial charge on any atom is 0.240 e. The lowest BCUT2D eigenvalue weighted by molar-refractivity contribution is -0.121. The summed E-state index contributed by atoms with van der Waals surface area (Å²) in [6.07, 6.45) is 1.13. The Bertz CT molecular complexity index is 634. The van der Waals surface area contributed by atoms with Crippen LogP contribution in [0.4, 0.5) is 0 Å². The second kappa shape index (κ2) is 7.98. The minimum absolute atomic E-state index is 0.0864. The number of carbonyl (C=O) groups is 1. The summed E-state index contributed by atoms with van der Waals surface area (Å²) in [5.74, 6) is 0.708. The third-order valence-electron chi connectivity index (χ3n) is 3.34. The standard InChI is InChI=1S/C18H20N2O2/c1-14(16-9-11-17(22-2)12-10-16)19-20-18(21)13-8-15-6-4-3-5-7-15/h3-7,9-12H,8,13H2,1-2H3,(H,20,21)/b19-14+. The molecule has 2 aromatic rings. The predicted molar refractivity (Wildman–Crippen MR) is 88.1 cm³/mol. The third kappa shape index (κ3) is 4.74. The maximum atomic E-state index is 11.8. The highest BCUT2D eigenvalue weighted by atomic mass is 16.5. The number of hydrazone groups is 1. The van der Waals surface area contributed by atoms with Crippen molar-refractivity contribution < 1.29 is 9.53 Å². The quantitative estimate of drug-likeness (QED) is 0.657. The third-order valence-corrected chi connectivity index (χ3v) is 3.34. The van der Waals surface area contributed by atoms with Crippen LogP contribution in [-0.2, 0) is 11.2 Å². The van der Waals surface area contributed by atoms with Crippen LogP contribution >= 0.6 is 0 Å². The molecule has 0 saturated carbocycles. The maximum absolute atomic E-state index is 11.8. The lowest BCUT2D eigenvalue weighted by Crippen LogP contribution is -2.19. The van der Waals surface area contributed by atoms with Gasteiger partial charge in [0, 0.05) is 6.42 Å².